The summed E-state index contributed by atoms with van der Waals surface area (Å²) in [6.07, 6.45) is 5.49. The van der Waals surface area contributed by atoms with Gasteiger partial charge < -0.3 is 5.32 Å². The number of amides is 1. The molecule has 0 fully saturated rings. The third-order valence-corrected chi connectivity index (χ3v) is 3.37. The van der Waals surface area contributed by atoms with Gasteiger partial charge >= 0.3 is 0 Å². The van der Waals surface area contributed by atoms with Crippen LogP contribution in [0.4, 0.5) is 0 Å². The van der Waals surface area contributed by atoms with Crippen LogP contribution >= 0.6 is 0 Å². The molecule has 20 heavy (non-hydrogen) atoms. The van der Waals surface area contributed by atoms with Gasteiger partial charge in [-0.15, -0.1) is 0 Å². The van der Waals surface area contributed by atoms with Gasteiger partial charge in [-0.1, -0.05) is 27.7 Å². The Morgan fingerprint density at radius 1 is 1.45 bits per heavy atom. The number of hydrogen-bond acceptors (Lipinski definition) is 2. The maximum atomic E-state index is 11.8. The molecule has 114 valence electrons. The number of nitrogens with zero attached hydrogens (tertiary/aromatic N) is 1. The fourth-order valence-corrected chi connectivity index (χ4v) is 2.64. The Labute approximate surface area is 122 Å². The van der Waals surface area contributed by atoms with Crippen molar-refractivity contribution in [1.82, 2.24) is 15.5 Å². The first-order valence-corrected chi connectivity index (χ1v) is 7.53. The van der Waals surface area contributed by atoms with E-state index >= 15 is 0 Å². The fraction of sp³-hybridized carbons (Fsp3) is 0.750. The highest BCUT2D eigenvalue weighted by Crippen LogP contribution is 2.25. The highest BCUT2D eigenvalue weighted by atomic mass is 16.1. The number of hydrogen-bond donors (Lipinski definition) is 2. The quantitative estimate of drug-likeness (QED) is 0.753. The second-order valence-electron chi connectivity index (χ2n) is 7.05. The normalized spacial score (nSPS) is 13.2. The van der Waals surface area contributed by atoms with E-state index in [0.717, 1.165) is 31.5 Å². The molecule has 1 aromatic heterocycles. The van der Waals surface area contributed by atoms with Gasteiger partial charge in [-0.25, -0.2) is 0 Å². The van der Waals surface area contributed by atoms with Crippen LogP contribution in [0.1, 0.15) is 58.2 Å². The number of carbonyl (C=O) groups is 1. The molecule has 4 nitrogen and oxygen atoms in total. The van der Waals surface area contributed by atoms with Crippen LogP contribution in [-0.4, -0.2) is 22.6 Å². The molecule has 1 rings (SSSR count). The summed E-state index contributed by atoms with van der Waals surface area (Å²) in [7, 11) is 0. The molecular formula is C16H29N3O. The molecule has 0 aliphatic rings. The second kappa shape index (κ2) is 7.46. The first-order valence-electron chi connectivity index (χ1n) is 7.53. The molecule has 2 N–H and O–H groups in total. The number of aromatic nitrogens is 2. The van der Waals surface area contributed by atoms with Crippen LogP contribution in [0.25, 0.3) is 0 Å². The van der Waals surface area contributed by atoms with E-state index in [1.807, 2.05) is 13.1 Å². The third-order valence-electron chi connectivity index (χ3n) is 3.37. The number of rotatable bonds is 7. The Morgan fingerprint density at radius 2 is 2.15 bits per heavy atom. The Balaban J connectivity index is 2.16. The fourth-order valence-electron chi connectivity index (χ4n) is 2.64. The number of aryl methyl sites for hydroxylation is 2. The van der Waals surface area contributed by atoms with Crippen LogP contribution in [-0.2, 0) is 11.2 Å². The summed E-state index contributed by atoms with van der Waals surface area (Å²) in [6, 6.07) is 0. The molecule has 0 spiro atoms. The molecule has 0 saturated carbocycles. The van der Waals surface area contributed by atoms with E-state index < -0.39 is 0 Å². The highest BCUT2D eigenvalue weighted by Gasteiger charge is 2.17. The van der Waals surface area contributed by atoms with Gasteiger partial charge in [-0.2, -0.15) is 5.10 Å². The third kappa shape index (κ3) is 6.73. The van der Waals surface area contributed by atoms with Crippen molar-refractivity contribution in [2.24, 2.45) is 11.3 Å². The maximum absolute atomic E-state index is 11.8. The van der Waals surface area contributed by atoms with E-state index in [4.69, 9.17) is 0 Å². The van der Waals surface area contributed by atoms with E-state index in [1.54, 1.807) is 0 Å². The topological polar surface area (TPSA) is 57.8 Å². The molecule has 0 radical (unpaired) electrons. The Hall–Kier alpha value is -1.32. The number of aromatic amines is 1. The first kappa shape index (κ1) is 16.7. The summed E-state index contributed by atoms with van der Waals surface area (Å²) < 4.78 is 0. The summed E-state index contributed by atoms with van der Waals surface area (Å²) in [5, 5.41) is 9.94. The summed E-state index contributed by atoms with van der Waals surface area (Å²) >= 11 is 0. The van der Waals surface area contributed by atoms with Crippen LogP contribution < -0.4 is 5.32 Å². The predicted molar refractivity (Wildman–Crippen MR) is 82.5 cm³/mol. The van der Waals surface area contributed by atoms with Crippen molar-refractivity contribution in [1.29, 1.82) is 0 Å². The maximum Gasteiger partial charge on any atom is 0.220 e. The van der Waals surface area contributed by atoms with E-state index in [0.29, 0.717) is 17.8 Å². The van der Waals surface area contributed by atoms with Gasteiger partial charge in [0.25, 0.3) is 0 Å². The molecule has 0 aromatic carbocycles. The van der Waals surface area contributed by atoms with Crippen molar-refractivity contribution >= 4 is 5.91 Å². The van der Waals surface area contributed by atoms with E-state index in [1.165, 1.54) is 5.56 Å². The van der Waals surface area contributed by atoms with Crippen molar-refractivity contribution in [2.45, 2.75) is 60.3 Å². The summed E-state index contributed by atoms with van der Waals surface area (Å²) in [6.45, 7) is 11.6. The predicted octanol–water partition coefficient (Wildman–Crippen LogP) is 3.23. The number of H-pyrrole nitrogens is 1. The van der Waals surface area contributed by atoms with E-state index in [2.05, 4.69) is 43.2 Å². The molecule has 1 amide bonds. The molecule has 0 bridgehead atoms. The van der Waals surface area contributed by atoms with Crippen molar-refractivity contribution in [2.75, 3.05) is 6.54 Å². The van der Waals surface area contributed by atoms with E-state index in [-0.39, 0.29) is 5.91 Å². The lowest BCUT2D eigenvalue weighted by Gasteiger charge is -2.22. The van der Waals surface area contributed by atoms with Crippen LogP contribution in [0.5, 0.6) is 0 Å². The zero-order valence-electron chi connectivity index (χ0n) is 13.5. The Morgan fingerprint density at radius 3 is 2.70 bits per heavy atom. The van der Waals surface area contributed by atoms with Gasteiger partial charge in [0.15, 0.2) is 0 Å². The molecule has 1 heterocycles. The first-order chi connectivity index (χ1) is 9.28. The lowest BCUT2D eigenvalue weighted by molar-refractivity contribution is -0.122. The number of nitrogens with one attached hydrogen (secondary N) is 2. The molecular weight excluding hydrogens is 250 g/mol. The lowest BCUT2D eigenvalue weighted by Crippen LogP contribution is -2.27. The van der Waals surface area contributed by atoms with Crippen LogP contribution in [0.3, 0.4) is 0 Å². The summed E-state index contributed by atoms with van der Waals surface area (Å²) in [5.41, 5.74) is 2.65. The minimum Gasteiger partial charge on any atom is -0.356 e. The monoisotopic (exact) mass is 279 g/mol. The molecule has 4 heteroatoms. The summed E-state index contributed by atoms with van der Waals surface area (Å²) in [4.78, 5) is 11.8. The van der Waals surface area contributed by atoms with Crippen LogP contribution in [0, 0.1) is 18.3 Å². The smallest absolute Gasteiger partial charge is 0.220 e. The van der Waals surface area contributed by atoms with Gasteiger partial charge in [-0.05, 0) is 43.1 Å². The SMILES string of the molecule is Cc1[nH]ncc1CCCNC(=O)CC(C)CC(C)(C)C. The minimum absolute atomic E-state index is 0.172. The van der Waals surface area contributed by atoms with Crippen LogP contribution in [0.2, 0.25) is 0 Å². The molecule has 0 aliphatic carbocycles. The number of carbonyl (C=O) groups excluding carboxylic acids is 1. The van der Waals surface area contributed by atoms with Gasteiger partial charge in [0.1, 0.15) is 0 Å². The second-order valence-corrected chi connectivity index (χ2v) is 7.05. The van der Waals surface area contributed by atoms with E-state index in [9.17, 15) is 4.79 Å². The standard InChI is InChI=1S/C16H29N3O/c1-12(10-16(3,4)5)9-15(20)17-8-6-7-14-11-18-19-13(14)2/h11-12H,6-10H2,1-5H3,(H,17,20)(H,18,19). The zero-order chi connectivity index (χ0) is 15.2. The molecule has 0 saturated heterocycles. The van der Waals surface area contributed by atoms with Gasteiger partial charge in [0, 0.05) is 18.7 Å². The zero-order valence-corrected chi connectivity index (χ0v) is 13.5. The van der Waals surface area contributed by atoms with Gasteiger partial charge in [0.05, 0.1) is 6.20 Å². The Bertz CT molecular complexity index is 418. The molecule has 1 aromatic rings. The average molecular weight is 279 g/mol. The average Bonchev–Trinajstić information content (AvgIpc) is 2.67. The van der Waals surface area contributed by atoms with Crippen molar-refractivity contribution < 1.29 is 4.79 Å². The molecule has 0 aliphatic heterocycles. The van der Waals surface area contributed by atoms with Crippen molar-refractivity contribution in [3.05, 3.63) is 17.5 Å². The molecule has 1 unspecified atom stereocenters. The lowest BCUT2D eigenvalue weighted by atomic mass is 9.84. The largest absolute Gasteiger partial charge is 0.356 e. The van der Waals surface area contributed by atoms with Gasteiger partial charge in [-0.3, -0.25) is 9.89 Å². The Kier molecular flexibility index (Phi) is 6.24. The van der Waals surface area contributed by atoms with Crippen molar-refractivity contribution in [3.8, 4) is 0 Å². The van der Waals surface area contributed by atoms with Crippen molar-refractivity contribution in [3.63, 3.8) is 0 Å². The molecule has 1 atom stereocenters. The van der Waals surface area contributed by atoms with Crippen LogP contribution in [0.15, 0.2) is 6.20 Å². The highest BCUT2D eigenvalue weighted by molar-refractivity contribution is 5.76. The van der Waals surface area contributed by atoms with Gasteiger partial charge in [0.2, 0.25) is 5.91 Å². The summed E-state index contributed by atoms with van der Waals surface area (Å²) in [5.74, 6) is 0.608. The minimum atomic E-state index is 0.172.